The molecule has 2 aromatic rings. The number of rotatable bonds is 21. The fourth-order valence-electron chi connectivity index (χ4n) is 11.6. The zero-order valence-electron chi connectivity index (χ0n) is 45.8. The first-order valence-electron chi connectivity index (χ1n) is 26.9. The van der Waals surface area contributed by atoms with E-state index in [1.54, 1.807) is 0 Å². The number of ether oxygens (including phenoxy) is 6. The van der Waals surface area contributed by atoms with Crippen LogP contribution in [0, 0.1) is 22.7 Å². The van der Waals surface area contributed by atoms with E-state index < -0.39 is 22.4 Å². The van der Waals surface area contributed by atoms with Crippen molar-refractivity contribution in [1.29, 1.82) is 0 Å². The summed E-state index contributed by atoms with van der Waals surface area (Å²) in [6.45, 7) is 32.9. The molecule has 2 spiro atoms. The van der Waals surface area contributed by atoms with Crippen molar-refractivity contribution in [3.05, 3.63) is 71.8 Å². The van der Waals surface area contributed by atoms with Crippen molar-refractivity contribution < 1.29 is 47.7 Å². The summed E-state index contributed by atoms with van der Waals surface area (Å²) in [5, 5.41) is 4.52. The van der Waals surface area contributed by atoms with Gasteiger partial charge in [0.1, 0.15) is 25.4 Å². The molecule has 0 radical (unpaired) electrons. The van der Waals surface area contributed by atoms with Crippen molar-refractivity contribution in [3.63, 3.8) is 0 Å². The molecule has 0 N–H and O–H groups in total. The molecule has 0 aromatic heterocycles. The maximum absolute atomic E-state index is 12.9. The standard InChI is InChI=1S/C58H92N2O10/c1-15-53(11)35-57(45(7)55(13,17-3)59(53)69-43(5)47-29-23-21-24-30-47)65-39-51(9,40-66-57)37-63-49(61)33-27-19-20-28-34-50(62)64-38-52(10)41-67-58(68-42-52)36-54(12,16-2)60(56(14,18-4)46(58)8)70-44(6)48-31-25-22-26-32-48/h21-26,29-32,43-46H,15-20,27-28,33-42H2,1-14H3. The predicted octanol–water partition coefficient (Wildman–Crippen LogP) is 12.7. The van der Waals surface area contributed by atoms with E-state index in [4.69, 9.17) is 38.1 Å². The Hall–Kier alpha value is -2.94. The molecule has 0 bridgehead atoms. The van der Waals surface area contributed by atoms with E-state index in [9.17, 15) is 9.59 Å². The van der Waals surface area contributed by atoms with Crippen LogP contribution in [-0.4, -0.2) is 95.4 Å². The number of esters is 2. The zero-order valence-corrected chi connectivity index (χ0v) is 45.8. The number of hydrogen-bond acceptors (Lipinski definition) is 12. The summed E-state index contributed by atoms with van der Waals surface area (Å²) < 4.78 is 39.0. The third-order valence-electron chi connectivity index (χ3n) is 17.7. The van der Waals surface area contributed by atoms with Crippen LogP contribution in [0.2, 0.25) is 0 Å². The Balaban J connectivity index is 0.890. The molecule has 12 nitrogen and oxygen atoms in total. The van der Waals surface area contributed by atoms with Gasteiger partial charge in [0.25, 0.3) is 0 Å². The van der Waals surface area contributed by atoms with Gasteiger partial charge in [-0.3, -0.25) is 19.3 Å². The number of nitrogens with zero attached hydrogens (tertiary/aromatic N) is 2. The van der Waals surface area contributed by atoms with Crippen LogP contribution in [0.25, 0.3) is 0 Å². The Morgan fingerprint density at radius 2 is 0.871 bits per heavy atom. The lowest BCUT2D eigenvalue weighted by atomic mass is 9.67. The molecule has 4 saturated heterocycles. The molecule has 8 atom stereocenters. The second-order valence-corrected chi connectivity index (χ2v) is 23.5. The van der Waals surface area contributed by atoms with E-state index in [-0.39, 0.29) is 71.4 Å². The SMILES string of the molecule is CCC1(C)CC2(OCC(C)(COC(=O)CCCCCCC(=O)OCC3(C)COC4(CC(C)(CC)N(OC(C)c5ccccc5)C(C)(CC)C4C)OC3)CO2)C(C)C(C)(CC)N1OC(C)c1ccccc1. The molecule has 0 saturated carbocycles. The largest absolute Gasteiger partial charge is 0.465 e. The number of unbranched alkanes of at least 4 members (excludes halogenated alkanes) is 3. The summed E-state index contributed by atoms with van der Waals surface area (Å²) in [4.78, 5) is 39.6. The lowest BCUT2D eigenvalue weighted by Gasteiger charge is -2.64. The molecule has 4 heterocycles. The quantitative estimate of drug-likeness (QED) is 0.0876. The topological polar surface area (TPSA) is 114 Å². The Morgan fingerprint density at radius 1 is 0.543 bits per heavy atom. The number of hydroxylamine groups is 4. The van der Waals surface area contributed by atoms with E-state index in [1.165, 1.54) is 0 Å². The monoisotopic (exact) mass is 977 g/mol. The van der Waals surface area contributed by atoms with Gasteiger partial charge in [-0.1, -0.05) is 129 Å². The molecule has 12 heteroatoms. The highest BCUT2D eigenvalue weighted by Gasteiger charge is 2.65. The van der Waals surface area contributed by atoms with Gasteiger partial charge in [0, 0.05) is 59.4 Å². The van der Waals surface area contributed by atoms with Crippen molar-refractivity contribution in [2.45, 2.75) is 220 Å². The first-order valence-corrected chi connectivity index (χ1v) is 26.9. The Bertz CT molecular complexity index is 1850. The molecule has 70 heavy (non-hydrogen) atoms. The molecule has 6 rings (SSSR count). The van der Waals surface area contributed by atoms with Crippen LogP contribution in [0.4, 0.5) is 0 Å². The molecule has 2 aromatic carbocycles. The van der Waals surface area contributed by atoms with Crippen molar-refractivity contribution in [2.24, 2.45) is 22.7 Å². The number of benzene rings is 2. The summed E-state index contributed by atoms with van der Waals surface area (Å²) in [6, 6.07) is 20.7. The van der Waals surface area contributed by atoms with Crippen LogP contribution in [-0.2, 0) is 47.7 Å². The minimum atomic E-state index is -0.786. The number of piperidine rings is 2. The van der Waals surface area contributed by atoms with Crippen LogP contribution >= 0.6 is 0 Å². The molecule has 0 aliphatic carbocycles. The van der Waals surface area contributed by atoms with Gasteiger partial charge in [0.15, 0.2) is 11.6 Å². The van der Waals surface area contributed by atoms with Crippen LogP contribution in [0.1, 0.15) is 197 Å². The van der Waals surface area contributed by atoms with Crippen molar-refractivity contribution >= 4 is 11.9 Å². The second-order valence-electron chi connectivity index (χ2n) is 23.5. The van der Waals surface area contributed by atoms with E-state index >= 15 is 0 Å². The third-order valence-corrected chi connectivity index (χ3v) is 17.7. The Morgan fingerprint density at radius 3 is 1.17 bits per heavy atom. The molecule has 8 unspecified atom stereocenters. The second kappa shape index (κ2) is 22.7. The fraction of sp³-hybridized carbons (Fsp3) is 0.759. The van der Waals surface area contributed by atoms with Crippen molar-refractivity contribution in [2.75, 3.05) is 39.6 Å². The Kier molecular flexibility index (Phi) is 18.3. The van der Waals surface area contributed by atoms with Gasteiger partial charge in [-0.2, -0.15) is 10.1 Å². The molecule has 4 fully saturated rings. The number of carbonyl (C=O) groups is 2. The summed E-state index contributed by atoms with van der Waals surface area (Å²) in [5.74, 6) is -2.01. The average molecular weight is 977 g/mol. The van der Waals surface area contributed by atoms with Crippen molar-refractivity contribution in [1.82, 2.24) is 10.1 Å². The third kappa shape index (κ3) is 11.9. The lowest BCUT2D eigenvalue weighted by Crippen LogP contribution is -2.74. The van der Waals surface area contributed by atoms with E-state index in [0.29, 0.717) is 65.0 Å². The predicted molar refractivity (Wildman–Crippen MR) is 273 cm³/mol. The van der Waals surface area contributed by atoms with E-state index in [1.807, 2.05) is 12.1 Å². The summed E-state index contributed by atoms with van der Waals surface area (Å²) in [5.41, 5.74) is -0.0342. The number of carbonyl (C=O) groups excluding carboxylic acids is 2. The summed E-state index contributed by atoms with van der Waals surface area (Å²) >= 11 is 0. The molecule has 0 amide bonds. The molecule has 4 aliphatic heterocycles. The molecule has 4 aliphatic rings. The molecule has 394 valence electrons. The van der Waals surface area contributed by atoms with Gasteiger partial charge in [-0.05, 0) is 91.2 Å². The minimum absolute atomic E-state index is 0.00361. The maximum atomic E-state index is 12.9. The normalized spacial score (nSPS) is 37.0. The first kappa shape index (κ1) is 56.4. The molecular weight excluding hydrogens is 885 g/mol. The van der Waals surface area contributed by atoms with Crippen molar-refractivity contribution in [3.8, 4) is 0 Å². The Labute approximate surface area is 422 Å². The minimum Gasteiger partial charge on any atom is -0.465 e. The highest BCUT2D eigenvalue weighted by Crippen LogP contribution is 2.57. The van der Waals surface area contributed by atoms with Crippen LogP contribution < -0.4 is 0 Å². The van der Waals surface area contributed by atoms with Gasteiger partial charge in [0.2, 0.25) is 0 Å². The van der Waals surface area contributed by atoms with Gasteiger partial charge in [0.05, 0.1) is 37.5 Å². The number of hydrogen-bond donors (Lipinski definition) is 0. The van der Waals surface area contributed by atoms with Crippen LogP contribution in [0.5, 0.6) is 0 Å². The lowest BCUT2D eigenvalue weighted by molar-refractivity contribution is -0.416. The van der Waals surface area contributed by atoms with Gasteiger partial charge < -0.3 is 28.4 Å². The average Bonchev–Trinajstić information content (AvgIpc) is 3.37. The summed E-state index contributed by atoms with van der Waals surface area (Å²) in [7, 11) is 0. The van der Waals surface area contributed by atoms with Gasteiger partial charge in [-0.25, -0.2) is 0 Å². The van der Waals surface area contributed by atoms with Crippen LogP contribution in [0.3, 0.4) is 0 Å². The fourth-order valence-corrected chi connectivity index (χ4v) is 11.6. The first-order chi connectivity index (χ1) is 33.0. The molecular formula is C58H92N2O10. The highest BCUT2D eigenvalue weighted by molar-refractivity contribution is 5.69. The maximum Gasteiger partial charge on any atom is 0.305 e. The smallest absolute Gasteiger partial charge is 0.305 e. The van der Waals surface area contributed by atoms with E-state index in [0.717, 1.165) is 49.7 Å². The summed E-state index contributed by atoms with van der Waals surface area (Å²) in [6.07, 6.45) is 8.24. The van der Waals surface area contributed by atoms with Crippen LogP contribution in [0.15, 0.2) is 60.7 Å². The van der Waals surface area contributed by atoms with E-state index in [2.05, 4.69) is 156 Å². The highest BCUT2D eigenvalue weighted by atomic mass is 16.7. The van der Waals surface area contributed by atoms with Gasteiger partial charge in [-0.15, -0.1) is 0 Å². The van der Waals surface area contributed by atoms with Gasteiger partial charge >= 0.3 is 11.9 Å². The zero-order chi connectivity index (χ0) is 51.2.